The molecule has 9 heteroatoms. The number of benzene rings is 1. The summed E-state index contributed by atoms with van der Waals surface area (Å²) >= 11 is 0. The highest BCUT2D eigenvalue weighted by atomic mass is 16.7. The predicted octanol–water partition coefficient (Wildman–Crippen LogP) is 4.82. The summed E-state index contributed by atoms with van der Waals surface area (Å²) in [6.07, 6.45) is 4.62. The van der Waals surface area contributed by atoms with Crippen molar-refractivity contribution < 1.29 is 28.7 Å². The van der Waals surface area contributed by atoms with Gasteiger partial charge in [-0.15, -0.1) is 0 Å². The zero-order valence-electron chi connectivity index (χ0n) is 22.6. The highest BCUT2D eigenvalue weighted by Crippen LogP contribution is 2.65. The minimum Gasteiger partial charge on any atom is -0.465 e. The fourth-order valence-corrected chi connectivity index (χ4v) is 7.23. The molecule has 202 valence electrons. The van der Waals surface area contributed by atoms with Crippen molar-refractivity contribution in [3.8, 4) is 0 Å². The molecule has 0 spiro atoms. The first-order chi connectivity index (χ1) is 17.6. The molecule has 5 aliphatic rings. The van der Waals surface area contributed by atoms with Crippen LogP contribution in [0.1, 0.15) is 70.4 Å². The average Bonchev–Trinajstić information content (AvgIpc) is 3.03. The summed E-state index contributed by atoms with van der Waals surface area (Å²) in [5, 5.41) is 12.6. The second-order valence-electron chi connectivity index (χ2n) is 12.4. The van der Waals surface area contributed by atoms with E-state index in [9.17, 15) is 14.7 Å². The quantitative estimate of drug-likeness (QED) is 0.531. The molecule has 37 heavy (non-hydrogen) atoms. The van der Waals surface area contributed by atoms with Gasteiger partial charge in [0.2, 0.25) is 0 Å². The van der Waals surface area contributed by atoms with Gasteiger partial charge in [0.05, 0.1) is 23.7 Å². The lowest BCUT2D eigenvalue weighted by atomic mass is 9.43. The molecule has 1 unspecified atom stereocenters. The van der Waals surface area contributed by atoms with Crippen molar-refractivity contribution in [3.05, 3.63) is 35.4 Å². The number of amides is 2. The van der Waals surface area contributed by atoms with Crippen molar-refractivity contribution in [1.29, 1.82) is 0 Å². The largest absolute Gasteiger partial charge is 0.482 e. The lowest BCUT2D eigenvalue weighted by Crippen LogP contribution is -2.65. The summed E-state index contributed by atoms with van der Waals surface area (Å²) in [7, 11) is -0.576. The van der Waals surface area contributed by atoms with Crippen molar-refractivity contribution in [2.45, 2.75) is 96.3 Å². The molecule has 2 saturated heterocycles. The van der Waals surface area contributed by atoms with Gasteiger partial charge in [-0.25, -0.2) is 9.59 Å². The Labute approximate surface area is 220 Å². The summed E-state index contributed by atoms with van der Waals surface area (Å²) in [6, 6.07) is 7.93. The number of carboxylic acid groups (broad SMARTS) is 1. The Morgan fingerprint density at radius 2 is 1.95 bits per heavy atom. The monoisotopic (exact) mass is 512 g/mol. The van der Waals surface area contributed by atoms with Gasteiger partial charge in [0.1, 0.15) is 6.61 Å². The fraction of sp³-hybridized carbons (Fsp3) is 0.714. The molecular formula is C28H41BN2O6. The SMILES string of the molecule is Cc1ccc(CC(NC(=O)OC[C@H]2CCCCCN2C(=O)O)B2O[C@@H]3C[C@@H]4C[C@@H](C4(C)C)[C@]3(C)O2)cc1. The Balaban J connectivity index is 1.28. The average molecular weight is 512 g/mol. The Hall–Kier alpha value is -2.26. The number of alkyl carbamates (subject to hydrolysis) is 1. The summed E-state index contributed by atoms with van der Waals surface area (Å²) in [4.78, 5) is 26.1. The number of ether oxygens (including phenoxy) is 1. The third-order valence-corrected chi connectivity index (χ3v) is 9.71. The molecule has 1 aromatic rings. The van der Waals surface area contributed by atoms with Crippen LogP contribution >= 0.6 is 0 Å². The van der Waals surface area contributed by atoms with Gasteiger partial charge in [0.15, 0.2) is 0 Å². The Morgan fingerprint density at radius 1 is 1.19 bits per heavy atom. The van der Waals surface area contributed by atoms with E-state index < -0.39 is 25.2 Å². The maximum Gasteiger partial charge on any atom is 0.482 e. The molecule has 2 bridgehead atoms. The fourth-order valence-electron chi connectivity index (χ4n) is 7.23. The van der Waals surface area contributed by atoms with Crippen molar-refractivity contribution in [2.75, 3.05) is 13.2 Å². The van der Waals surface area contributed by atoms with Crippen LogP contribution in [-0.2, 0) is 20.5 Å². The zero-order chi connectivity index (χ0) is 26.4. The number of hydrogen-bond donors (Lipinski definition) is 2. The molecule has 5 fully saturated rings. The second kappa shape index (κ2) is 10.1. The summed E-state index contributed by atoms with van der Waals surface area (Å²) in [6.45, 7) is 9.40. The van der Waals surface area contributed by atoms with E-state index >= 15 is 0 Å². The number of carbonyl (C=O) groups excluding carboxylic acids is 1. The van der Waals surface area contributed by atoms with Crippen LogP contribution in [-0.4, -0.2) is 66.2 Å². The zero-order valence-corrected chi connectivity index (χ0v) is 22.6. The maximum atomic E-state index is 13.0. The number of nitrogens with zero attached hydrogens (tertiary/aromatic N) is 1. The van der Waals surface area contributed by atoms with Gasteiger partial charge in [-0.3, -0.25) is 0 Å². The molecule has 3 saturated carbocycles. The number of aryl methyl sites for hydroxylation is 1. The van der Waals surface area contributed by atoms with Gasteiger partial charge in [-0.1, -0.05) is 56.5 Å². The first kappa shape index (κ1) is 26.4. The van der Waals surface area contributed by atoms with Crippen LogP contribution in [0.5, 0.6) is 0 Å². The highest BCUT2D eigenvalue weighted by molar-refractivity contribution is 6.47. The third kappa shape index (κ3) is 5.09. The summed E-state index contributed by atoms with van der Waals surface area (Å²) in [5.41, 5.74) is 2.11. The van der Waals surface area contributed by atoms with Crippen molar-refractivity contribution in [3.63, 3.8) is 0 Å². The standard InChI is InChI=1S/C28H41BN2O6/c1-18-9-11-19(12-10-18)14-24(29-36-23-16-20-15-22(27(20,2)3)28(23,4)37-29)30-25(32)35-17-21-8-6-5-7-13-31(21)26(33)34/h9-12,20-24H,5-8,13-17H2,1-4H3,(H,30,32)(H,33,34)/t20-,21+,22-,23+,24?,28-/m0/s1. The van der Waals surface area contributed by atoms with E-state index in [2.05, 4.69) is 50.4 Å². The van der Waals surface area contributed by atoms with Crippen LogP contribution in [0, 0.1) is 24.2 Å². The normalized spacial score (nSPS) is 33.1. The first-order valence-electron chi connectivity index (χ1n) is 13.9. The van der Waals surface area contributed by atoms with Crippen LogP contribution in [0.25, 0.3) is 0 Å². The number of rotatable bonds is 6. The molecule has 1 aromatic carbocycles. The molecule has 2 amide bonds. The number of likely N-dealkylation sites (tertiary alicyclic amines) is 1. The number of carbonyl (C=O) groups is 2. The van der Waals surface area contributed by atoms with Gasteiger partial charge in [-0.05, 0) is 68.8 Å². The van der Waals surface area contributed by atoms with E-state index in [1.165, 1.54) is 10.5 Å². The molecular weight excluding hydrogens is 471 g/mol. The lowest BCUT2D eigenvalue weighted by Gasteiger charge is -2.64. The molecule has 2 N–H and O–H groups in total. The maximum absolute atomic E-state index is 13.0. The van der Waals surface area contributed by atoms with E-state index in [1.54, 1.807) is 0 Å². The molecule has 0 aromatic heterocycles. The molecule has 3 aliphatic carbocycles. The number of hydrogen-bond acceptors (Lipinski definition) is 5. The molecule has 6 rings (SSSR count). The van der Waals surface area contributed by atoms with Crippen LogP contribution in [0.2, 0.25) is 0 Å². The van der Waals surface area contributed by atoms with E-state index in [1.807, 2.05) is 6.92 Å². The van der Waals surface area contributed by atoms with E-state index in [0.29, 0.717) is 31.2 Å². The van der Waals surface area contributed by atoms with Crippen molar-refractivity contribution in [2.24, 2.45) is 17.3 Å². The van der Waals surface area contributed by atoms with Crippen molar-refractivity contribution >= 4 is 19.3 Å². The topological polar surface area (TPSA) is 97.3 Å². The van der Waals surface area contributed by atoms with Crippen LogP contribution in [0.15, 0.2) is 24.3 Å². The molecule has 8 nitrogen and oxygen atoms in total. The molecule has 6 atom stereocenters. The predicted molar refractivity (Wildman–Crippen MR) is 140 cm³/mol. The van der Waals surface area contributed by atoms with Crippen molar-refractivity contribution in [1.82, 2.24) is 10.2 Å². The van der Waals surface area contributed by atoms with Gasteiger partial charge >= 0.3 is 19.3 Å². The Kier molecular flexibility index (Phi) is 7.22. The minimum absolute atomic E-state index is 0.0164. The van der Waals surface area contributed by atoms with Gasteiger partial charge < -0.3 is 29.4 Å². The highest BCUT2D eigenvalue weighted by Gasteiger charge is 2.68. The molecule has 0 radical (unpaired) electrons. The lowest BCUT2D eigenvalue weighted by molar-refractivity contribution is -0.199. The van der Waals surface area contributed by atoms with Crippen LogP contribution < -0.4 is 5.32 Å². The van der Waals surface area contributed by atoms with E-state index in [0.717, 1.165) is 37.7 Å². The van der Waals surface area contributed by atoms with Gasteiger partial charge in [0, 0.05) is 6.54 Å². The van der Waals surface area contributed by atoms with E-state index in [-0.39, 0.29) is 29.8 Å². The Bertz CT molecular complexity index is 1000. The van der Waals surface area contributed by atoms with Gasteiger partial charge in [-0.2, -0.15) is 0 Å². The molecule has 2 aliphatic heterocycles. The van der Waals surface area contributed by atoms with Gasteiger partial charge in [0.25, 0.3) is 0 Å². The smallest absolute Gasteiger partial charge is 0.465 e. The minimum atomic E-state index is -0.960. The summed E-state index contributed by atoms with van der Waals surface area (Å²) < 4.78 is 18.8. The third-order valence-electron chi connectivity index (χ3n) is 9.71. The second-order valence-corrected chi connectivity index (χ2v) is 12.4. The van der Waals surface area contributed by atoms with Crippen LogP contribution in [0.4, 0.5) is 9.59 Å². The van der Waals surface area contributed by atoms with Crippen LogP contribution in [0.3, 0.4) is 0 Å². The molecule has 2 heterocycles. The van der Waals surface area contributed by atoms with E-state index in [4.69, 9.17) is 14.0 Å². The Morgan fingerprint density at radius 3 is 2.65 bits per heavy atom. The number of nitrogens with one attached hydrogen (secondary N) is 1. The summed E-state index contributed by atoms with van der Waals surface area (Å²) in [5.74, 6) is 0.642. The first-order valence-corrected chi connectivity index (χ1v) is 13.9.